The molecule has 1 unspecified atom stereocenters. The first kappa shape index (κ1) is 21.5. The Morgan fingerprint density at radius 3 is 2.61 bits per heavy atom. The van der Waals surface area contributed by atoms with Crippen LogP contribution in [-0.2, 0) is 17.8 Å². The van der Waals surface area contributed by atoms with Crippen LogP contribution in [0.1, 0.15) is 17.6 Å². The maximum absolute atomic E-state index is 10.4. The van der Waals surface area contributed by atoms with E-state index >= 15 is 0 Å². The predicted octanol–water partition coefficient (Wildman–Crippen LogP) is 0.742. The normalized spacial score (nSPS) is 22.8. The summed E-state index contributed by atoms with van der Waals surface area (Å²) in [5.74, 6) is 1.24. The van der Waals surface area contributed by atoms with Crippen molar-refractivity contribution >= 4 is 17.0 Å². The van der Waals surface area contributed by atoms with Crippen molar-refractivity contribution in [1.29, 1.82) is 0 Å². The first-order valence-corrected chi connectivity index (χ1v) is 10.5. The lowest BCUT2D eigenvalue weighted by molar-refractivity contribution is -0.0511. The summed E-state index contributed by atoms with van der Waals surface area (Å²) in [5, 5.41) is 31.8. The summed E-state index contributed by atoms with van der Waals surface area (Å²) >= 11 is 0. The lowest BCUT2D eigenvalue weighted by Gasteiger charge is -2.24. The second-order valence-electron chi connectivity index (χ2n) is 7.74. The molecule has 0 radical (unpaired) electrons. The molecular weight excluding hydrogens is 428 g/mol. The zero-order valence-electron chi connectivity index (χ0n) is 17.6. The van der Waals surface area contributed by atoms with Crippen LogP contribution >= 0.6 is 0 Å². The summed E-state index contributed by atoms with van der Waals surface area (Å²) in [5.41, 5.74) is 5.35. The van der Waals surface area contributed by atoms with Crippen LogP contribution in [0.25, 0.3) is 11.2 Å². The number of furan rings is 1. The number of rotatable bonds is 8. The molecular formula is C22H24N6O5. The van der Waals surface area contributed by atoms with Crippen molar-refractivity contribution in [1.82, 2.24) is 24.9 Å². The fourth-order valence-corrected chi connectivity index (χ4v) is 3.88. The summed E-state index contributed by atoms with van der Waals surface area (Å²) in [6.07, 6.45) is 0.182. The Labute approximate surface area is 188 Å². The van der Waals surface area contributed by atoms with Crippen molar-refractivity contribution in [2.45, 2.75) is 37.6 Å². The number of hydrazine groups is 1. The number of fused-ring (bicyclic) bond motifs is 1. The standard InChI is InChI=1S/C22H24N6O5/c29-11-16-18(30)19(31)22(33-16)27-13-25-17-20(27)23-12-24-21(17)28(10-15-7-4-8-32-15)26-9-14-5-2-1-3-6-14/h1-8,12-13,16,18-19,22,26,29-31H,9-11H2/t16-,18-,19+,22?/m1/s1. The zero-order valence-corrected chi connectivity index (χ0v) is 17.6. The van der Waals surface area contributed by atoms with Gasteiger partial charge in [-0.15, -0.1) is 0 Å². The molecule has 5 rings (SSSR count). The Morgan fingerprint density at radius 2 is 1.88 bits per heavy atom. The summed E-state index contributed by atoms with van der Waals surface area (Å²) in [6.45, 7) is 0.511. The third-order valence-electron chi connectivity index (χ3n) is 5.60. The fourth-order valence-electron chi connectivity index (χ4n) is 3.88. The molecule has 172 valence electrons. The smallest absolute Gasteiger partial charge is 0.174 e. The molecule has 4 atom stereocenters. The Hall–Kier alpha value is -3.35. The molecule has 33 heavy (non-hydrogen) atoms. The van der Waals surface area contributed by atoms with Crippen molar-refractivity contribution in [3.05, 3.63) is 72.7 Å². The van der Waals surface area contributed by atoms with E-state index in [4.69, 9.17) is 9.15 Å². The second-order valence-corrected chi connectivity index (χ2v) is 7.74. The minimum absolute atomic E-state index is 0.382. The third-order valence-corrected chi connectivity index (χ3v) is 5.60. The summed E-state index contributed by atoms with van der Waals surface area (Å²) in [4.78, 5) is 13.2. The predicted molar refractivity (Wildman–Crippen MR) is 117 cm³/mol. The lowest BCUT2D eigenvalue weighted by Crippen LogP contribution is -2.38. The minimum Gasteiger partial charge on any atom is -0.467 e. The molecule has 3 aromatic heterocycles. The van der Waals surface area contributed by atoms with Gasteiger partial charge in [-0.2, -0.15) is 0 Å². The highest BCUT2D eigenvalue weighted by atomic mass is 16.6. The SMILES string of the molecule is OC[C@H]1OC(n2cnc3c(N(Cc4ccco4)NCc4ccccc4)ncnc32)[C@@H](O)[C@@H]1O. The first-order chi connectivity index (χ1) is 16.2. The van der Waals surface area contributed by atoms with E-state index < -0.39 is 31.1 Å². The monoisotopic (exact) mass is 452 g/mol. The van der Waals surface area contributed by atoms with Crippen molar-refractivity contribution in [3.8, 4) is 0 Å². The van der Waals surface area contributed by atoms with Gasteiger partial charge < -0.3 is 24.5 Å². The number of ether oxygens (including phenoxy) is 1. The molecule has 0 amide bonds. The average molecular weight is 452 g/mol. The number of aliphatic hydroxyl groups is 3. The molecule has 4 N–H and O–H groups in total. The summed E-state index contributed by atoms with van der Waals surface area (Å²) in [6, 6.07) is 13.6. The van der Waals surface area contributed by atoms with Crippen LogP contribution in [0.4, 0.5) is 5.82 Å². The Bertz CT molecular complexity index is 1180. The van der Waals surface area contributed by atoms with E-state index in [1.165, 1.54) is 17.2 Å². The van der Waals surface area contributed by atoms with Crippen molar-refractivity contribution in [2.75, 3.05) is 11.6 Å². The number of nitrogens with zero attached hydrogens (tertiary/aromatic N) is 5. The number of nitrogens with one attached hydrogen (secondary N) is 1. The van der Waals surface area contributed by atoms with Crippen LogP contribution in [0.3, 0.4) is 0 Å². The molecule has 0 bridgehead atoms. The number of hydrogen-bond donors (Lipinski definition) is 4. The molecule has 0 aliphatic carbocycles. The average Bonchev–Trinajstić information content (AvgIpc) is 3.58. The highest BCUT2D eigenvalue weighted by Crippen LogP contribution is 2.32. The largest absolute Gasteiger partial charge is 0.467 e. The van der Waals surface area contributed by atoms with E-state index in [-0.39, 0.29) is 0 Å². The highest BCUT2D eigenvalue weighted by molar-refractivity contribution is 5.83. The lowest BCUT2D eigenvalue weighted by atomic mass is 10.1. The number of anilines is 1. The van der Waals surface area contributed by atoms with Crippen LogP contribution in [0, 0.1) is 0 Å². The summed E-state index contributed by atoms with van der Waals surface area (Å²) < 4.78 is 12.7. The van der Waals surface area contributed by atoms with Gasteiger partial charge in [0.15, 0.2) is 23.2 Å². The molecule has 1 aromatic carbocycles. The van der Waals surface area contributed by atoms with Crippen molar-refractivity contribution < 1.29 is 24.5 Å². The van der Waals surface area contributed by atoms with Crippen LogP contribution in [0.15, 0.2) is 65.8 Å². The molecule has 11 nitrogen and oxygen atoms in total. The van der Waals surface area contributed by atoms with Gasteiger partial charge in [0.25, 0.3) is 0 Å². The molecule has 1 aliphatic heterocycles. The van der Waals surface area contributed by atoms with Crippen LogP contribution in [0.2, 0.25) is 0 Å². The number of benzene rings is 1. The molecule has 0 spiro atoms. The van der Waals surface area contributed by atoms with Gasteiger partial charge in [0, 0.05) is 6.54 Å². The molecule has 0 saturated carbocycles. The Kier molecular flexibility index (Phi) is 6.03. The highest BCUT2D eigenvalue weighted by Gasteiger charge is 2.44. The fraction of sp³-hybridized carbons (Fsp3) is 0.318. The maximum Gasteiger partial charge on any atom is 0.174 e. The van der Waals surface area contributed by atoms with Crippen LogP contribution in [0.5, 0.6) is 0 Å². The minimum atomic E-state index is -1.24. The molecule has 1 saturated heterocycles. The topological polar surface area (TPSA) is 142 Å². The van der Waals surface area contributed by atoms with Crippen molar-refractivity contribution in [3.63, 3.8) is 0 Å². The van der Waals surface area contributed by atoms with Gasteiger partial charge in [-0.25, -0.2) is 20.4 Å². The number of aliphatic hydroxyl groups excluding tert-OH is 3. The van der Waals surface area contributed by atoms with Gasteiger partial charge in [-0.05, 0) is 17.7 Å². The number of hydrogen-bond acceptors (Lipinski definition) is 10. The van der Waals surface area contributed by atoms with E-state index in [9.17, 15) is 15.3 Å². The van der Waals surface area contributed by atoms with Gasteiger partial charge in [0.1, 0.15) is 30.4 Å². The number of imidazole rings is 1. The van der Waals surface area contributed by atoms with E-state index in [0.29, 0.717) is 30.1 Å². The maximum atomic E-state index is 10.4. The van der Waals surface area contributed by atoms with E-state index in [1.54, 1.807) is 6.26 Å². The summed E-state index contributed by atoms with van der Waals surface area (Å²) in [7, 11) is 0. The Balaban J connectivity index is 1.48. The first-order valence-electron chi connectivity index (χ1n) is 10.5. The molecule has 4 aromatic rings. The van der Waals surface area contributed by atoms with Crippen molar-refractivity contribution in [2.24, 2.45) is 0 Å². The quantitative estimate of drug-likeness (QED) is 0.283. The third kappa shape index (κ3) is 4.19. The van der Waals surface area contributed by atoms with Gasteiger partial charge in [-0.3, -0.25) is 9.58 Å². The van der Waals surface area contributed by atoms with Gasteiger partial charge in [-0.1, -0.05) is 30.3 Å². The number of aromatic nitrogens is 4. The Morgan fingerprint density at radius 1 is 1.03 bits per heavy atom. The van der Waals surface area contributed by atoms with E-state index in [0.717, 1.165) is 11.3 Å². The van der Waals surface area contributed by atoms with Gasteiger partial charge in [0.05, 0.1) is 25.7 Å². The van der Waals surface area contributed by atoms with Gasteiger partial charge >= 0.3 is 0 Å². The van der Waals surface area contributed by atoms with E-state index in [1.807, 2.05) is 47.5 Å². The molecule has 11 heteroatoms. The molecule has 1 fully saturated rings. The van der Waals surface area contributed by atoms with Gasteiger partial charge in [0.2, 0.25) is 0 Å². The second kappa shape index (κ2) is 9.25. The molecule has 4 heterocycles. The van der Waals surface area contributed by atoms with Crippen LogP contribution < -0.4 is 10.4 Å². The zero-order chi connectivity index (χ0) is 22.8. The van der Waals surface area contributed by atoms with E-state index in [2.05, 4.69) is 20.4 Å². The molecule has 1 aliphatic rings. The van der Waals surface area contributed by atoms with Crippen LogP contribution in [-0.4, -0.2) is 59.8 Å².